The highest BCUT2D eigenvalue weighted by atomic mass is 19.1. The van der Waals surface area contributed by atoms with Crippen LogP contribution in [-0.2, 0) is 0 Å². The fourth-order valence-electron chi connectivity index (χ4n) is 1.69. The minimum Gasteiger partial charge on any atom is -0.494 e. The van der Waals surface area contributed by atoms with Gasteiger partial charge in [0, 0.05) is 0 Å². The van der Waals surface area contributed by atoms with Gasteiger partial charge in [0.25, 0.3) is 5.91 Å². The molecule has 0 bridgehead atoms. The molecule has 0 aliphatic rings. The van der Waals surface area contributed by atoms with Crippen LogP contribution in [-0.4, -0.2) is 18.7 Å². The van der Waals surface area contributed by atoms with Crippen LogP contribution in [0.4, 0.5) is 4.39 Å². The van der Waals surface area contributed by atoms with Crippen LogP contribution < -0.4 is 10.2 Å². The molecule has 5 heteroatoms. The topological polar surface area (TPSA) is 50.7 Å². The van der Waals surface area contributed by atoms with Crippen molar-refractivity contribution in [1.29, 1.82) is 0 Å². The standard InChI is InChI=1S/C16H15FN2O2/c1-2-21-13-9-7-12(8-10-13)11-18-19-16(20)14-5-3-4-6-15(14)17/h3-11H,2H2,1H3,(H,19,20)/b18-11-. The molecule has 0 saturated carbocycles. The van der Waals surface area contributed by atoms with Crippen LogP contribution in [0.2, 0.25) is 0 Å². The molecule has 108 valence electrons. The van der Waals surface area contributed by atoms with E-state index < -0.39 is 11.7 Å². The predicted octanol–water partition coefficient (Wildman–Crippen LogP) is 2.99. The summed E-state index contributed by atoms with van der Waals surface area (Å²) in [5.41, 5.74) is 3.05. The average Bonchev–Trinajstić information content (AvgIpc) is 2.49. The van der Waals surface area contributed by atoms with Crippen molar-refractivity contribution in [3.05, 3.63) is 65.5 Å². The summed E-state index contributed by atoms with van der Waals surface area (Å²) in [7, 11) is 0. The average molecular weight is 286 g/mol. The monoisotopic (exact) mass is 286 g/mol. The van der Waals surface area contributed by atoms with Crippen LogP contribution in [0.3, 0.4) is 0 Å². The van der Waals surface area contributed by atoms with E-state index in [9.17, 15) is 9.18 Å². The molecule has 4 nitrogen and oxygen atoms in total. The fraction of sp³-hybridized carbons (Fsp3) is 0.125. The van der Waals surface area contributed by atoms with Crippen LogP contribution in [0.5, 0.6) is 5.75 Å². The summed E-state index contributed by atoms with van der Waals surface area (Å²) in [5, 5.41) is 3.80. The van der Waals surface area contributed by atoms with Crippen LogP contribution in [0.15, 0.2) is 53.6 Å². The molecule has 2 aromatic rings. The zero-order valence-corrected chi connectivity index (χ0v) is 11.5. The molecule has 0 aliphatic carbocycles. The predicted molar refractivity (Wildman–Crippen MR) is 79.1 cm³/mol. The molecule has 0 aromatic heterocycles. The van der Waals surface area contributed by atoms with Crippen molar-refractivity contribution in [3.63, 3.8) is 0 Å². The van der Waals surface area contributed by atoms with Gasteiger partial charge in [-0.1, -0.05) is 12.1 Å². The molecule has 0 radical (unpaired) electrons. The number of benzene rings is 2. The van der Waals surface area contributed by atoms with Gasteiger partial charge in [0.2, 0.25) is 0 Å². The van der Waals surface area contributed by atoms with Gasteiger partial charge in [0.1, 0.15) is 11.6 Å². The molecular formula is C16H15FN2O2. The van der Waals surface area contributed by atoms with Crippen molar-refractivity contribution in [2.45, 2.75) is 6.92 Å². The van der Waals surface area contributed by atoms with Crippen LogP contribution >= 0.6 is 0 Å². The Labute approximate surface area is 122 Å². The Morgan fingerprint density at radius 3 is 2.62 bits per heavy atom. The fourth-order valence-corrected chi connectivity index (χ4v) is 1.69. The first-order valence-corrected chi connectivity index (χ1v) is 6.51. The van der Waals surface area contributed by atoms with E-state index in [1.54, 1.807) is 6.07 Å². The third-order valence-electron chi connectivity index (χ3n) is 2.69. The van der Waals surface area contributed by atoms with E-state index in [0.29, 0.717) is 6.61 Å². The highest BCUT2D eigenvalue weighted by Crippen LogP contribution is 2.10. The van der Waals surface area contributed by atoms with Crippen molar-refractivity contribution in [2.75, 3.05) is 6.61 Å². The third kappa shape index (κ3) is 4.14. The maximum atomic E-state index is 13.4. The Hall–Kier alpha value is -2.69. The van der Waals surface area contributed by atoms with Gasteiger partial charge in [-0.3, -0.25) is 4.79 Å². The minimum atomic E-state index is -0.588. The molecule has 0 saturated heterocycles. The highest BCUT2D eigenvalue weighted by Gasteiger charge is 2.08. The van der Waals surface area contributed by atoms with E-state index >= 15 is 0 Å². The van der Waals surface area contributed by atoms with Crippen molar-refractivity contribution >= 4 is 12.1 Å². The summed E-state index contributed by atoms with van der Waals surface area (Å²) >= 11 is 0. The van der Waals surface area contributed by atoms with Crippen molar-refractivity contribution in [3.8, 4) is 5.75 Å². The summed E-state index contributed by atoms with van der Waals surface area (Å²) in [6.07, 6.45) is 1.48. The molecule has 0 spiro atoms. The largest absolute Gasteiger partial charge is 0.494 e. The minimum absolute atomic E-state index is 0.0404. The van der Waals surface area contributed by atoms with Crippen molar-refractivity contribution < 1.29 is 13.9 Å². The molecule has 0 atom stereocenters. The molecule has 0 heterocycles. The number of carbonyl (C=O) groups is 1. The van der Waals surface area contributed by atoms with E-state index in [1.165, 1.54) is 24.4 Å². The molecule has 1 N–H and O–H groups in total. The van der Waals surface area contributed by atoms with E-state index in [4.69, 9.17) is 4.74 Å². The van der Waals surface area contributed by atoms with E-state index in [0.717, 1.165) is 11.3 Å². The molecular weight excluding hydrogens is 271 g/mol. The summed E-state index contributed by atoms with van der Waals surface area (Å²) in [6, 6.07) is 13.0. The van der Waals surface area contributed by atoms with E-state index in [2.05, 4.69) is 10.5 Å². The number of halogens is 1. The van der Waals surface area contributed by atoms with Crippen molar-refractivity contribution in [2.24, 2.45) is 5.10 Å². The molecule has 2 aromatic carbocycles. The van der Waals surface area contributed by atoms with Gasteiger partial charge >= 0.3 is 0 Å². The maximum absolute atomic E-state index is 13.4. The van der Waals surface area contributed by atoms with Crippen molar-refractivity contribution in [1.82, 2.24) is 5.43 Å². The first-order chi connectivity index (χ1) is 10.2. The van der Waals surface area contributed by atoms with Crippen LogP contribution in [0, 0.1) is 5.82 Å². The van der Waals surface area contributed by atoms with Crippen LogP contribution in [0.25, 0.3) is 0 Å². The van der Waals surface area contributed by atoms with Gasteiger partial charge < -0.3 is 4.74 Å². The lowest BCUT2D eigenvalue weighted by atomic mass is 10.2. The number of carbonyl (C=O) groups excluding carboxylic acids is 1. The van der Waals surface area contributed by atoms with Gasteiger partial charge in [0.15, 0.2) is 0 Å². The number of ether oxygens (including phenoxy) is 1. The molecule has 1 amide bonds. The number of amides is 1. The Balaban J connectivity index is 1.96. The second kappa shape index (κ2) is 7.19. The number of hydrazone groups is 1. The first-order valence-electron chi connectivity index (χ1n) is 6.51. The van der Waals surface area contributed by atoms with Gasteiger partial charge in [-0.15, -0.1) is 0 Å². The van der Waals surface area contributed by atoms with Gasteiger partial charge in [-0.05, 0) is 48.9 Å². The lowest BCUT2D eigenvalue weighted by Gasteiger charge is -2.02. The van der Waals surface area contributed by atoms with Crippen LogP contribution in [0.1, 0.15) is 22.8 Å². The lowest BCUT2D eigenvalue weighted by molar-refractivity contribution is 0.0951. The lowest BCUT2D eigenvalue weighted by Crippen LogP contribution is -2.18. The SMILES string of the molecule is CCOc1ccc(/C=N\NC(=O)c2ccccc2F)cc1. The highest BCUT2D eigenvalue weighted by molar-refractivity contribution is 5.95. The molecule has 2 rings (SSSR count). The van der Waals surface area contributed by atoms with Gasteiger partial charge in [-0.25, -0.2) is 9.82 Å². The Kier molecular flexibility index (Phi) is 5.04. The summed E-state index contributed by atoms with van der Waals surface area (Å²) in [5.74, 6) is -0.397. The van der Waals surface area contributed by atoms with E-state index in [-0.39, 0.29) is 5.56 Å². The number of nitrogens with one attached hydrogen (secondary N) is 1. The normalized spacial score (nSPS) is 10.6. The summed E-state index contributed by atoms with van der Waals surface area (Å²) < 4.78 is 18.7. The van der Waals surface area contributed by atoms with E-state index in [1.807, 2.05) is 31.2 Å². The number of hydrogen-bond donors (Lipinski definition) is 1. The number of rotatable bonds is 5. The smallest absolute Gasteiger partial charge is 0.274 e. The summed E-state index contributed by atoms with van der Waals surface area (Å²) in [4.78, 5) is 11.7. The summed E-state index contributed by atoms with van der Waals surface area (Å²) in [6.45, 7) is 2.51. The van der Waals surface area contributed by atoms with Gasteiger partial charge in [-0.2, -0.15) is 5.10 Å². The number of hydrogen-bond acceptors (Lipinski definition) is 3. The number of nitrogens with zero attached hydrogens (tertiary/aromatic N) is 1. The second-order valence-corrected chi connectivity index (χ2v) is 4.18. The zero-order valence-electron chi connectivity index (χ0n) is 11.5. The Bertz CT molecular complexity index is 639. The molecule has 0 aliphatic heterocycles. The quantitative estimate of drug-likeness (QED) is 0.678. The Morgan fingerprint density at radius 2 is 1.95 bits per heavy atom. The Morgan fingerprint density at radius 1 is 1.24 bits per heavy atom. The first kappa shape index (κ1) is 14.7. The molecule has 21 heavy (non-hydrogen) atoms. The molecule has 0 fully saturated rings. The van der Waals surface area contributed by atoms with Gasteiger partial charge in [0.05, 0.1) is 18.4 Å². The maximum Gasteiger partial charge on any atom is 0.274 e. The third-order valence-corrected chi connectivity index (χ3v) is 2.69. The second-order valence-electron chi connectivity index (χ2n) is 4.18. The molecule has 0 unspecified atom stereocenters. The zero-order chi connectivity index (χ0) is 15.1.